The van der Waals surface area contributed by atoms with Crippen molar-refractivity contribution in [3.8, 4) is 17.6 Å². The minimum absolute atomic E-state index is 0.102. The summed E-state index contributed by atoms with van der Waals surface area (Å²) in [5.41, 5.74) is 2.03. The molecule has 0 unspecified atom stereocenters. The van der Waals surface area contributed by atoms with E-state index in [1.807, 2.05) is 25.1 Å². The van der Waals surface area contributed by atoms with Crippen LogP contribution in [0.3, 0.4) is 0 Å². The minimum atomic E-state index is -0.102. The Morgan fingerprint density at radius 3 is 2.76 bits per heavy atom. The lowest BCUT2D eigenvalue weighted by atomic mass is 10.1. The van der Waals surface area contributed by atoms with E-state index in [-0.39, 0.29) is 6.61 Å². The summed E-state index contributed by atoms with van der Waals surface area (Å²) in [5.74, 6) is 6.46. The van der Waals surface area contributed by atoms with Gasteiger partial charge in [-0.15, -0.1) is 0 Å². The standard InChI is InChI=1S/C15H20O2/c1-3-4-5-11-17-15-9-8-14(7-6-10-16)13(2)12-15/h8-9,12,16H,3-5,10-11H2,1-2H3. The molecule has 0 radical (unpaired) electrons. The normalized spacial score (nSPS) is 9.59. The highest BCUT2D eigenvalue weighted by atomic mass is 16.5. The highest BCUT2D eigenvalue weighted by Crippen LogP contribution is 2.17. The zero-order valence-electron chi connectivity index (χ0n) is 10.6. The summed E-state index contributed by atoms with van der Waals surface area (Å²) in [6.07, 6.45) is 3.51. The summed E-state index contributed by atoms with van der Waals surface area (Å²) in [4.78, 5) is 0. The van der Waals surface area contributed by atoms with Gasteiger partial charge in [0, 0.05) is 5.56 Å². The van der Waals surface area contributed by atoms with Gasteiger partial charge in [-0.2, -0.15) is 0 Å². The summed E-state index contributed by atoms with van der Waals surface area (Å²) < 4.78 is 5.65. The summed E-state index contributed by atoms with van der Waals surface area (Å²) in [5, 5.41) is 8.64. The second kappa shape index (κ2) is 7.76. The summed E-state index contributed by atoms with van der Waals surface area (Å²) in [6, 6.07) is 5.86. The van der Waals surface area contributed by atoms with Gasteiger partial charge in [0.05, 0.1) is 6.61 Å². The molecule has 0 bridgehead atoms. The molecule has 0 atom stereocenters. The number of aliphatic hydroxyl groups is 1. The Morgan fingerprint density at radius 2 is 2.12 bits per heavy atom. The molecule has 1 aromatic carbocycles. The smallest absolute Gasteiger partial charge is 0.119 e. The third kappa shape index (κ3) is 4.93. The van der Waals surface area contributed by atoms with Crippen LogP contribution in [0.1, 0.15) is 37.3 Å². The molecule has 0 saturated heterocycles. The van der Waals surface area contributed by atoms with E-state index in [4.69, 9.17) is 9.84 Å². The second-order valence-electron chi connectivity index (χ2n) is 3.99. The van der Waals surface area contributed by atoms with E-state index in [9.17, 15) is 0 Å². The fourth-order valence-corrected chi connectivity index (χ4v) is 1.54. The molecule has 0 heterocycles. The molecule has 0 aliphatic rings. The molecule has 0 saturated carbocycles. The van der Waals surface area contributed by atoms with Gasteiger partial charge in [0.25, 0.3) is 0 Å². The van der Waals surface area contributed by atoms with Crippen molar-refractivity contribution < 1.29 is 9.84 Å². The van der Waals surface area contributed by atoms with E-state index in [0.29, 0.717) is 0 Å². The first-order valence-electron chi connectivity index (χ1n) is 6.11. The first-order chi connectivity index (χ1) is 8.27. The maximum atomic E-state index is 8.64. The maximum Gasteiger partial charge on any atom is 0.119 e. The number of hydrogen-bond acceptors (Lipinski definition) is 2. The van der Waals surface area contributed by atoms with Crippen LogP contribution in [0.4, 0.5) is 0 Å². The van der Waals surface area contributed by atoms with Gasteiger partial charge in [-0.1, -0.05) is 31.6 Å². The fourth-order valence-electron chi connectivity index (χ4n) is 1.54. The molecule has 1 rings (SSSR count). The molecule has 0 aliphatic heterocycles. The van der Waals surface area contributed by atoms with Gasteiger partial charge in [-0.3, -0.25) is 0 Å². The van der Waals surface area contributed by atoms with Crippen LogP contribution in [0.2, 0.25) is 0 Å². The molecule has 0 amide bonds. The number of aryl methyl sites for hydroxylation is 1. The molecule has 2 nitrogen and oxygen atoms in total. The molecule has 1 aromatic rings. The van der Waals surface area contributed by atoms with Gasteiger partial charge in [0.2, 0.25) is 0 Å². The summed E-state index contributed by atoms with van der Waals surface area (Å²) in [7, 11) is 0. The van der Waals surface area contributed by atoms with Crippen molar-refractivity contribution in [2.45, 2.75) is 33.1 Å². The lowest BCUT2D eigenvalue weighted by Gasteiger charge is -2.07. The van der Waals surface area contributed by atoms with Gasteiger partial charge in [0.1, 0.15) is 12.4 Å². The number of aliphatic hydroxyl groups excluding tert-OH is 1. The van der Waals surface area contributed by atoms with Crippen LogP contribution in [0.25, 0.3) is 0 Å². The molecule has 0 spiro atoms. The Kier molecular flexibility index (Phi) is 6.21. The topological polar surface area (TPSA) is 29.5 Å². The van der Waals surface area contributed by atoms with E-state index >= 15 is 0 Å². The molecule has 0 aliphatic carbocycles. The highest BCUT2D eigenvalue weighted by molar-refractivity contribution is 5.44. The van der Waals surface area contributed by atoms with Crippen molar-refractivity contribution in [3.05, 3.63) is 29.3 Å². The lowest BCUT2D eigenvalue weighted by Crippen LogP contribution is -1.97. The quantitative estimate of drug-likeness (QED) is 0.625. The Balaban J connectivity index is 2.56. The van der Waals surface area contributed by atoms with Crippen LogP contribution < -0.4 is 4.74 Å². The molecule has 0 aromatic heterocycles. The van der Waals surface area contributed by atoms with Crippen molar-refractivity contribution in [2.24, 2.45) is 0 Å². The molecule has 17 heavy (non-hydrogen) atoms. The summed E-state index contributed by atoms with van der Waals surface area (Å²) in [6.45, 7) is 4.85. The zero-order chi connectivity index (χ0) is 12.5. The maximum absolute atomic E-state index is 8.64. The molecule has 2 heteroatoms. The molecule has 1 N–H and O–H groups in total. The Bertz CT molecular complexity index is 399. The van der Waals surface area contributed by atoms with Crippen molar-refractivity contribution in [1.29, 1.82) is 0 Å². The predicted octanol–water partition coefficient (Wildman–Crippen LogP) is 2.91. The third-order valence-corrected chi connectivity index (χ3v) is 2.52. The van der Waals surface area contributed by atoms with E-state index in [2.05, 4.69) is 18.8 Å². The average molecular weight is 232 g/mol. The van der Waals surface area contributed by atoms with Crippen LogP contribution in [-0.4, -0.2) is 18.3 Å². The number of unbranched alkanes of at least 4 members (excludes halogenated alkanes) is 2. The lowest BCUT2D eigenvalue weighted by molar-refractivity contribution is 0.306. The van der Waals surface area contributed by atoms with Crippen LogP contribution >= 0.6 is 0 Å². The SMILES string of the molecule is CCCCCOc1ccc(C#CCO)c(C)c1. The number of hydrogen-bond donors (Lipinski definition) is 1. The minimum Gasteiger partial charge on any atom is -0.494 e. The molecule has 0 fully saturated rings. The van der Waals surface area contributed by atoms with Crippen molar-refractivity contribution in [1.82, 2.24) is 0 Å². The number of rotatable bonds is 5. The highest BCUT2D eigenvalue weighted by Gasteiger charge is 1.98. The van der Waals surface area contributed by atoms with Crippen LogP contribution in [0.15, 0.2) is 18.2 Å². The summed E-state index contributed by atoms with van der Waals surface area (Å²) >= 11 is 0. The van der Waals surface area contributed by atoms with Crippen LogP contribution in [0.5, 0.6) is 5.75 Å². The zero-order valence-corrected chi connectivity index (χ0v) is 10.6. The monoisotopic (exact) mass is 232 g/mol. The van der Waals surface area contributed by atoms with E-state index < -0.39 is 0 Å². The van der Waals surface area contributed by atoms with Gasteiger partial charge >= 0.3 is 0 Å². The largest absolute Gasteiger partial charge is 0.494 e. The van der Waals surface area contributed by atoms with Crippen molar-refractivity contribution >= 4 is 0 Å². The Hall–Kier alpha value is -1.46. The van der Waals surface area contributed by atoms with Gasteiger partial charge in [-0.05, 0) is 37.1 Å². The Labute approximate surface area is 104 Å². The van der Waals surface area contributed by atoms with Gasteiger partial charge < -0.3 is 9.84 Å². The van der Waals surface area contributed by atoms with Crippen LogP contribution in [0, 0.1) is 18.8 Å². The third-order valence-electron chi connectivity index (χ3n) is 2.52. The van der Waals surface area contributed by atoms with Crippen LogP contribution in [-0.2, 0) is 0 Å². The molecule has 92 valence electrons. The second-order valence-corrected chi connectivity index (χ2v) is 3.99. The predicted molar refractivity (Wildman–Crippen MR) is 70.2 cm³/mol. The van der Waals surface area contributed by atoms with Gasteiger partial charge in [0.15, 0.2) is 0 Å². The first kappa shape index (κ1) is 13.6. The first-order valence-corrected chi connectivity index (χ1v) is 6.11. The fraction of sp³-hybridized carbons (Fsp3) is 0.467. The Morgan fingerprint density at radius 1 is 1.29 bits per heavy atom. The molecular formula is C15H20O2. The van der Waals surface area contributed by atoms with Crippen molar-refractivity contribution in [3.63, 3.8) is 0 Å². The van der Waals surface area contributed by atoms with Crippen molar-refractivity contribution in [2.75, 3.05) is 13.2 Å². The van der Waals surface area contributed by atoms with Gasteiger partial charge in [-0.25, -0.2) is 0 Å². The number of benzene rings is 1. The van der Waals surface area contributed by atoms with E-state index in [1.54, 1.807) is 0 Å². The van der Waals surface area contributed by atoms with E-state index in [0.717, 1.165) is 29.9 Å². The average Bonchev–Trinajstić information content (AvgIpc) is 2.34. The number of ether oxygens (including phenoxy) is 1. The molecular weight excluding hydrogens is 212 g/mol. The van der Waals surface area contributed by atoms with E-state index in [1.165, 1.54) is 12.8 Å².